The lowest BCUT2D eigenvalue weighted by molar-refractivity contribution is 0.112. The first-order valence-corrected chi connectivity index (χ1v) is 6.71. The Kier molecular flexibility index (Phi) is 9.99. The van der Waals surface area contributed by atoms with Gasteiger partial charge in [0.25, 0.3) is 0 Å². The second-order valence-electron chi connectivity index (χ2n) is 4.95. The fraction of sp³-hybridized carbons (Fsp3) is 1.00. The van der Waals surface area contributed by atoms with E-state index in [0.29, 0.717) is 12.5 Å². The minimum Gasteiger partial charge on any atom is -0.390 e. The zero-order valence-electron chi connectivity index (χ0n) is 11.5. The molecule has 1 atom stereocenters. The molecule has 0 rings (SSSR count). The fourth-order valence-electron chi connectivity index (χ4n) is 1.66. The molecule has 0 aromatic carbocycles. The lowest BCUT2D eigenvalue weighted by Gasteiger charge is -2.23. The molecule has 0 fully saturated rings. The number of hydrogen-bond donors (Lipinski definition) is 2. The summed E-state index contributed by atoms with van der Waals surface area (Å²) in [5.41, 5.74) is 0. The summed E-state index contributed by atoms with van der Waals surface area (Å²) in [7, 11) is 0. The number of likely N-dealkylation sites (N-methyl/N-ethyl adjacent to an activating group) is 1. The van der Waals surface area contributed by atoms with Crippen molar-refractivity contribution in [1.82, 2.24) is 10.2 Å². The van der Waals surface area contributed by atoms with Crippen molar-refractivity contribution in [3.8, 4) is 0 Å². The molecule has 0 aromatic rings. The van der Waals surface area contributed by atoms with Crippen LogP contribution in [0.15, 0.2) is 0 Å². The molecule has 0 amide bonds. The Morgan fingerprint density at radius 3 is 2.38 bits per heavy atom. The van der Waals surface area contributed by atoms with Crippen LogP contribution in [-0.2, 0) is 0 Å². The number of nitrogens with zero attached hydrogens (tertiary/aromatic N) is 1. The number of aliphatic hydroxyl groups excluding tert-OH is 1. The van der Waals surface area contributed by atoms with Gasteiger partial charge in [-0.25, -0.2) is 0 Å². The second kappa shape index (κ2) is 10.1. The van der Waals surface area contributed by atoms with Crippen LogP contribution in [0.4, 0.5) is 0 Å². The van der Waals surface area contributed by atoms with Gasteiger partial charge in [0.15, 0.2) is 0 Å². The summed E-state index contributed by atoms with van der Waals surface area (Å²) in [5.74, 6) is 0.648. The van der Waals surface area contributed by atoms with E-state index < -0.39 is 0 Å². The van der Waals surface area contributed by atoms with Gasteiger partial charge in [0.1, 0.15) is 0 Å². The molecule has 3 heteroatoms. The van der Waals surface area contributed by atoms with Gasteiger partial charge in [0.2, 0.25) is 0 Å². The van der Waals surface area contributed by atoms with Gasteiger partial charge in [-0.05, 0) is 32.0 Å². The summed E-state index contributed by atoms with van der Waals surface area (Å²) >= 11 is 0. The third-order valence-corrected chi connectivity index (χ3v) is 2.68. The number of unbranched alkanes of at least 4 members (excludes halogenated alkanes) is 1. The zero-order chi connectivity index (χ0) is 12.4. The summed E-state index contributed by atoms with van der Waals surface area (Å²) in [5, 5.41) is 13.2. The first-order valence-electron chi connectivity index (χ1n) is 6.71. The smallest absolute Gasteiger partial charge is 0.0791 e. The molecule has 0 saturated heterocycles. The van der Waals surface area contributed by atoms with E-state index in [1.165, 1.54) is 12.8 Å². The molecule has 0 aliphatic rings. The van der Waals surface area contributed by atoms with Crippen molar-refractivity contribution in [2.45, 2.75) is 46.6 Å². The predicted molar refractivity (Wildman–Crippen MR) is 70.7 cm³/mol. The molecule has 0 aliphatic heterocycles. The molecular weight excluding hydrogens is 200 g/mol. The molecule has 0 saturated carbocycles. The van der Waals surface area contributed by atoms with Crippen molar-refractivity contribution in [3.05, 3.63) is 0 Å². The number of hydrogen-bond acceptors (Lipinski definition) is 3. The highest BCUT2D eigenvalue weighted by Gasteiger charge is 2.09. The maximum Gasteiger partial charge on any atom is 0.0791 e. The summed E-state index contributed by atoms with van der Waals surface area (Å²) in [6.07, 6.45) is 2.20. The minimum atomic E-state index is -0.240. The van der Waals surface area contributed by atoms with Crippen LogP contribution >= 0.6 is 0 Å². The van der Waals surface area contributed by atoms with Gasteiger partial charge in [-0.1, -0.05) is 34.1 Å². The Hall–Kier alpha value is -0.120. The first kappa shape index (κ1) is 15.9. The van der Waals surface area contributed by atoms with Gasteiger partial charge >= 0.3 is 0 Å². The van der Waals surface area contributed by atoms with E-state index in [-0.39, 0.29) is 6.10 Å². The fourth-order valence-corrected chi connectivity index (χ4v) is 1.66. The van der Waals surface area contributed by atoms with Crippen LogP contribution in [0.5, 0.6) is 0 Å². The Bertz CT molecular complexity index is 151. The highest BCUT2D eigenvalue weighted by molar-refractivity contribution is 4.66. The monoisotopic (exact) mass is 230 g/mol. The quantitative estimate of drug-likeness (QED) is 0.600. The normalized spacial score (nSPS) is 13.7. The summed E-state index contributed by atoms with van der Waals surface area (Å²) in [6.45, 7) is 13.3. The van der Waals surface area contributed by atoms with E-state index in [4.69, 9.17) is 0 Å². The van der Waals surface area contributed by atoms with E-state index in [1.54, 1.807) is 0 Å². The van der Waals surface area contributed by atoms with Crippen LogP contribution < -0.4 is 5.32 Å². The molecule has 2 N–H and O–H groups in total. The molecular formula is C13H30N2O. The molecule has 0 spiro atoms. The van der Waals surface area contributed by atoms with Crippen molar-refractivity contribution in [2.24, 2.45) is 5.92 Å². The van der Waals surface area contributed by atoms with Gasteiger partial charge in [0.05, 0.1) is 6.10 Å². The SMILES string of the molecule is CCCCN(CC)CC(O)CNCC(C)C. The number of aliphatic hydroxyl groups is 1. The molecule has 16 heavy (non-hydrogen) atoms. The van der Waals surface area contributed by atoms with E-state index in [2.05, 4.69) is 37.9 Å². The van der Waals surface area contributed by atoms with Crippen molar-refractivity contribution >= 4 is 0 Å². The van der Waals surface area contributed by atoms with E-state index in [0.717, 1.165) is 26.2 Å². The first-order chi connectivity index (χ1) is 7.60. The van der Waals surface area contributed by atoms with E-state index in [9.17, 15) is 5.11 Å². The molecule has 98 valence electrons. The molecule has 0 aromatic heterocycles. The van der Waals surface area contributed by atoms with Gasteiger partial charge in [-0.2, -0.15) is 0 Å². The van der Waals surface area contributed by atoms with Gasteiger partial charge in [0, 0.05) is 13.1 Å². The Morgan fingerprint density at radius 2 is 1.88 bits per heavy atom. The van der Waals surface area contributed by atoms with Gasteiger partial charge in [-0.15, -0.1) is 0 Å². The highest BCUT2D eigenvalue weighted by Crippen LogP contribution is 1.97. The number of rotatable bonds is 10. The van der Waals surface area contributed by atoms with Crippen molar-refractivity contribution in [3.63, 3.8) is 0 Å². The van der Waals surface area contributed by atoms with Gasteiger partial charge in [-0.3, -0.25) is 0 Å². The van der Waals surface area contributed by atoms with Crippen molar-refractivity contribution in [2.75, 3.05) is 32.7 Å². The largest absolute Gasteiger partial charge is 0.390 e. The lowest BCUT2D eigenvalue weighted by atomic mass is 10.2. The topological polar surface area (TPSA) is 35.5 Å². The Labute approximate surface area is 101 Å². The molecule has 0 heterocycles. The molecule has 1 unspecified atom stereocenters. The maximum absolute atomic E-state index is 9.86. The molecule has 0 bridgehead atoms. The van der Waals surface area contributed by atoms with Crippen molar-refractivity contribution < 1.29 is 5.11 Å². The standard InChI is InChI=1S/C13H30N2O/c1-5-7-8-15(6-2)11-13(16)10-14-9-12(3)4/h12-14,16H,5-11H2,1-4H3. The van der Waals surface area contributed by atoms with Crippen LogP contribution in [0.3, 0.4) is 0 Å². The maximum atomic E-state index is 9.86. The molecule has 0 aliphatic carbocycles. The van der Waals surface area contributed by atoms with Crippen LogP contribution in [0, 0.1) is 5.92 Å². The molecule has 3 nitrogen and oxygen atoms in total. The second-order valence-corrected chi connectivity index (χ2v) is 4.95. The van der Waals surface area contributed by atoms with Crippen molar-refractivity contribution in [1.29, 1.82) is 0 Å². The van der Waals surface area contributed by atoms with Gasteiger partial charge < -0.3 is 15.3 Å². The Balaban J connectivity index is 3.60. The van der Waals surface area contributed by atoms with E-state index >= 15 is 0 Å². The highest BCUT2D eigenvalue weighted by atomic mass is 16.3. The Morgan fingerprint density at radius 1 is 1.19 bits per heavy atom. The minimum absolute atomic E-state index is 0.240. The van der Waals surface area contributed by atoms with Crippen LogP contribution in [0.1, 0.15) is 40.5 Å². The summed E-state index contributed by atoms with van der Waals surface area (Å²) in [4.78, 5) is 2.32. The lowest BCUT2D eigenvalue weighted by Crippen LogP contribution is -2.39. The predicted octanol–water partition coefficient (Wildman–Crippen LogP) is 1.71. The zero-order valence-corrected chi connectivity index (χ0v) is 11.5. The number of nitrogens with one attached hydrogen (secondary N) is 1. The average molecular weight is 230 g/mol. The van der Waals surface area contributed by atoms with Crippen LogP contribution in [0.2, 0.25) is 0 Å². The average Bonchev–Trinajstić information content (AvgIpc) is 2.23. The summed E-state index contributed by atoms with van der Waals surface area (Å²) < 4.78 is 0. The third kappa shape index (κ3) is 9.13. The van der Waals surface area contributed by atoms with Crippen LogP contribution in [-0.4, -0.2) is 48.8 Å². The van der Waals surface area contributed by atoms with E-state index in [1.807, 2.05) is 0 Å². The molecule has 0 radical (unpaired) electrons. The third-order valence-electron chi connectivity index (χ3n) is 2.68. The van der Waals surface area contributed by atoms with Crippen LogP contribution in [0.25, 0.3) is 0 Å². The summed E-state index contributed by atoms with van der Waals surface area (Å²) in [6, 6.07) is 0.